The monoisotopic (exact) mass is 490 g/mol. The van der Waals surface area contributed by atoms with Crippen LogP contribution in [0.1, 0.15) is 23.7 Å². The molecule has 0 saturated heterocycles. The molecule has 0 unspecified atom stereocenters. The second-order valence-electron chi connectivity index (χ2n) is 5.17. The van der Waals surface area contributed by atoms with Gasteiger partial charge in [-0.2, -0.15) is 0 Å². The molecule has 7 heteroatoms. The molecule has 1 aromatic carbocycles. The first kappa shape index (κ1) is 22.2. The van der Waals surface area contributed by atoms with Gasteiger partial charge in [-0.3, -0.25) is 4.99 Å². The molecule has 0 radical (unpaired) electrons. The lowest BCUT2D eigenvalue weighted by Gasteiger charge is -2.11. The summed E-state index contributed by atoms with van der Waals surface area (Å²) in [7, 11) is 0. The van der Waals surface area contributed by atoms with Crippen molar-refractivity contribution in [1.82, 2.24) is 15.6 Å². The summed E-state index contributed by atoms with van der Waals surface area (Å²) in [5.41, 5.74) is 0. The van der Waals surface area contributed by atoms with E-state index in [2.05, 4.69) is 58.7 Å². The van der Waals surface area contributed by atoms with Gasteiger partial charge in [0.2, 0.25) is 0 Å². The third-order valence-corrected chi connectivity index (χ3v) is 5.51. The number of thioether (sulfide) groups is 1. The Balaban J connectivity index is 0.00000312. The first-order valence-electron chi connectivity index (χ1n) is 8.45. The highest BCUT2D eigenvalue weighted by molar-refractivity contribution is 14.0. The molecule has 0 fully saturated rings. The third-order valence-electron chi connectivity index (χ3n) is 3.30. The molecular weight excluding hydrogens is 463 g/mol. The third kappa shape index (κ3) is 8.91. The predicted molar refractivity (Wildman–Crippen MR) is 122 cm³/mol. The first-order valence-corrected chi connectivity index (χ1v) is 10.3. The van der Waals surface area contributed by atoms with E-state index in [0.717, 1.165) is 44.2 Å². The second kappa shape index (κ2) is 13.4. The van der Waals surface area contributed by atoms with E-state index in [-0.39, 0.29) is 24.0 Å². The number of aromatic nitrogens is 1. The summed E-state index contributed by atoms with van der Waals surface area (Å²) in [5, 5.41) is 7.86. The summed E-state index contributed by atoms with van der Waals surface area (Å²) in [6, 6.07) is 10.5. The summed E-state index contributed by atoms with van der Waals surface area (Å²) in [6.07, 6.45) is 3.94. The summed E-state index contributed by atoms with van der Waals surface area (Å²) < 4.78 is 0. The fourth-order valence-electron chi connectivity index (χ4n) is 2.09. The van der Waals surface area contributed by atoms with Gasteiger partial charge in [0.05, 0.1) is 5.01 Å². The number of aryl methyl sites for hydroxylation is 1. The quantitative estimate of drug-likeness (QED) is 0.182. The van der Waals surface area contributed by atoms with Crippen LogP contribution >= 0.6 is 47.1 Å². The van der Waals surface area contributed by atoms with Crippen LogP contribution in [0.25, 0.3) is 0 Å². The van der Waals surface area contributed by atoms with E-state index in [1.54, 1.807) is 11.3 Å². The largest absolute Gasteiger partial charge is 0.357 e. The SMILES string of the molecule is CCNC(=NCCc1ncc(CC)s1)NCCSc1ccccc1.I. The van der Waals surface area contributed by atoms with Crippen molar-refractivity contribution < 1.29 is 0 Å². The molecule has 138 valence electrons. The predicted octanol–water partition coefficient (Wildman–Crippen LogP) is 4.21. The summed E-state index contributed by atoms with van der Waals surface area (Å²) >= 11 is 3.65. The number of aliphatic imine (C=N–C) groups is 1. The zero-order valence-corrected chi connectivity index (χ0v) is 18.8. The van der Waals surface area contributed by atoms with Gasteiger partial charge in [0.15, 0.2) is 5.96 Å². The number of nitrogens with zero attached hydrogens (tertiary/aromatic N) is 2. The van der Waals surface area contributed by atoms with E-state index < -0.39 is 0 Å². The smallest absolute Gasteiger partial charge is 0.191 e. The van der Waals surface area contributed by atoms with E-state index in [4.69, 9.17) is 0 Å². The van der Waals surface area contributed by atoms with Gasteiger partial charge in [-0.25, -0.2) is 4.98 Å². The molecule has 2 aromatic rings. The number of hydrogen-bond donors (Lipinski definition) is 2. The van der Waals surface area contributed by atoms with Crippen molar-refractivity contribution in [3.8, 4) is 0 Å². The fourth-order valence-corrected chi connectivity index (χ4v) is 3.73. The highest BCUT2D eigenvalue weighted by Gasteiger charge is 2.01. The Morgan fingerprint density at radius 2 is 2.00 bits per heavy atom. The van der Waals surface area contributed by atoms with E-state index in [1.807, 2.05) is 24.0 Å². The molecule has 1 heterocycles. The Labute approximate surface area is 176 Å². The number of guanidine groups is 1. The molecule has 0 aliphatic heterocycles. The molecule has 0 spiro atoms. The lowest BCUT2D eigenvalue weighted by molar-refractivity contribution is 0.835. The minimum atomic E-state index is 0. The van der Waals surface area contributed by atoms with Gasteiger partial charge in [0.25, 0.3) is 0 Å². The lowest BCUT2D eigenvalue weighted by atomic mass is 10.4. The Hall–Kier alpha value is -0.800. The minimum absolute atomic E-state index is 0. The summed E-state index contributed by atoms with van der Waals surface area (Å²) in [4.78, 5) is 11.7. The Bertz CT molecular complexity index is 617. The van der Waals surface area contributed by atoms with Crippen molar-refractivity contribution in [2.24, 2.45) is 4.99 Å². The van der Waals surface area contributed by atoms with E-state index in [9.17, 15) is 0 Å². The van der Waals surface area contributed by atoms with Crippen LogP contribution in [0.2, 0.25) is 0 Å². The van der Waals surface area contributed by atoms with Gasteiger partial charge in [-0.1, -0.05) is 25.1 Å². The van der Waals surface area contributed by atoms with Crippen LogP contribution in [-0.2, 0) is 12.8 Å². The molecule has 0 aliphatic carbocycles. The van der Waals surface area contributed by atoms with Gasteiger partial charge in [-0.05, 0) is 25.5 Å². The number of thiazole rings is 1. The van der Waals surface area contributed by atoms with Crippen molar-refractivity contribution in [2.75, 3.05) is 25.4 Å². The maximum absolute atomic E-state index is 4.64. The maximum Gasteiger partial charge on any atom is 0.191 e. The van der Waals surface area contributed by atoms with Crippen LogP contribution in [0.5, 0.6) is 0 Å². The number of rotatable bonds is 9. The molecule has 2 N–H and O–H groups in total. The Morgan fingerprint density at radius 3 is 2.68 bits per heavy atom. The zero-order valence-electron chi connectivity index (χ0n) is 14.8. The molecule has 0 bridgehead atoms. The van der Waals surface area contributed by atoms with Gasteiger partial charge >= 0.3 is 0 Å². The average molecular weight is 490 g/mol. The Morgan fingerprint density at radius 1 is 1.20 bits per heavy atom. The highest BCUT2D eigenvalue weighted by atomic mass is 127. The van der Waals surface area contributed by atoms with Gasteiger partial charge in [-0.15, -0.1) is 47.1 Å². The zero-order chi connectivity index (χ0) is 17.0. The van der Waals surface area contributed by atoms with Crippen LogP contribution in [0, 0.1) is 0 Å². The van der Waals surface area contributed by atoms with Crippen LogP contribution in [0.4, 0.5) is 0 Å². The van der Waals surface area contributed by atoms with Gasteiger partial charge in [0, 0.05) is 47.8 Å². The molecule has 4 nitrogen and oxygen atoms in total. The van der Waals surface area contributed by atoms with Gasteiger partial charge in [0.1, 0.15) is 0 Å². The van der Waals surface area contributed by atoms with Crippen LogP contribution in [0.15, 0.2) is 46.4 Å². The first-order chi connectivity index (χ1) is 11.8. The maximum atomic E-state index is 4.64. The van der Waals surface area contributed by atoms with E-state index in [1.165, 1.54) is 14.8 Å². The second-order valence-corrected chi connectivity index (χ2v) is 7.54. The topological polar surface area (TPSA) is 49.3 Å². The molecule has 1 aromatic heterocycles. The highest BCUT2D eigenvalue weighted by Crippen LogP contribution is 2.15. The fraction of sp³-hybridized carbons (Fsp3) is 0.444. The van der Waals surface area contributed by atoms with Gasteiger partial charge < -0.3 is 10.6 Å². The normalized spacial score (nSPS) is 11.0. The number of nitrogens with one attached hydrogen (secondary N) is 2. The lowest BCUT2D eigenvalue weighted by Crippen LogP contribution is -2.38. The number of halogens is 1. The van der Waals surface area contributed by atoms with Crippen molar-refractivity contribution >= 4 is 53.0 Å². The van der Waals surface area contributed by atoms with Crippen molar-refractivity contribution in [1.29, 1.82) is 0 Å². The van der Waals surface area contributed by atoms with Crippen molar-refractivity contribution in [2.45, 2.75) is 31.6 Å². The standard InChI is InChI=1S/C18H26N4S2.HI/c1-3-15-14-22-17(24-15)10-11-20-18(19-4-2)21-12-13-23-16-8-6-5-7-9-16;/h5-9,14H,3-4,10-13H2,1-2H3,(H2,19,20,21);1H. The van der Waals surface area contributed by atoms with Crippen LogP contribution < -0.4 is 10.6 Å². The molecule has 25 heavy (non-hydrogen) atoms. The molecule has 0 amide bonds. The molecular formula is C18H27IN4S2. The van der Waals surface area contributed by atoms with Crippen molar-refractivity contribution in [3.63, 3.8) is 0 Å². The summed E-state index contributed by atoms with van der Waals surface area (Å²) in [5.74, 6) is 1.90. The average Bonchev–Trinajstić information content (AvgIpc) is 3.07. The number of benzene rings is 1. The van der Waals surface area contributed by atoms with Crippen LogP contribution in [0.3, 0.4) is 0 Å². The minimum Gasteiger partial charge on any atom is -0.357 e. The summed E-state index contributed by atoms with van der Waals surface area (Å²) in [6.45, 7) is 6.77. The van der Waals surface area contributed by atoms with E-state index >= 15 is 0 Å². The molecule has 2 rings (SSSR count). The van der Waals surface area contributed by atoms with E-state index in [0.29, 0.717) is 0 Å². The molecule has 0 atom stereocenters. The number of hydrogen-bond acceptors (Lipinski definition) is 4. The molecule has 0 saturated carbocycles. The Kier molecular flexibility index (Phi) is 11.9. The van der Waals surface area contributed by atoms with Crippen molar-refractivity contribution in [3.05, 3.63) is 46.4 Å². The van der Waals surface area contributed by atoms with Crippen LogP contribution in [-0.4, -0.2) is 36.3 Å². The molecule has 0 aliphatic rings.